The lowest BCUT2D eigenvalue weighted by Gasteiger charge is -2.00. The fourth-order valence-electron chi connectivity index (χ4n) is 2.61. The highest BCUT2D eigenvalue weighted by atomic mass is 32.1. The van der Waals surface area contributed by atoms with Crippen LogP contribution in [0.15, 0.2) is 40.2 Å². The Labute approximate surface area is 156 Å². The Hall–Kier alpha value is -3.40. The molecular weight excluding hydrogens is 368 g/mol. The molecule has 4 heterocycles. The van der Waals surface area contributed by atoms with Gasteiger partial charge in [0.1, 0.15) is 4.83 Å². The van der Waals surface area contributed by atoms with Crippen LogP contribution in [0.2, 0.25) is 0 Å². The van der Waals surface area contributed by atoms with Crippen LogP contribution in [-0.4, -0.2) is 30.6 Å². The zero-order valence-electron chi connectivity index (χ0n) is 14.5. The topological polar surface area (TPSA) is 116 Å². The van der Waals surface area contributed by atoms with Gasteiger partial charge in [0.25, 0.3) is 11.5 Å². The van der Waals surface area contributed by atoms with E-state index in [1.807, 2.05) is 0 Å². The number of hydrogen-bond donors (Lipinski definition) is 1. The molecule has 27 heavy (non-hydrogen) atoms. The van der Waals surface area contributed by atoms with Crippen molar-refractivity contribution in [3.8, 4) is 11.4 Å². The molecule has 0 saturated carbocycles. The molecule has 136 valence electrons. The number of fused-ring (bicyclic) bond motifs is 1. The molecule has 0 atom stereocenters. The molecule has 1 N–H and O–H groups in total. The van der Waals surface area contributed by atoms with Gasteiger partial charge < -0.3 is 14.4 Å². The lowest BCUT2D eigenvalue weighted by Crippen LogP contribution is -2.23. The van der Waals surface area contributed by atoms with Crippen LogP contribution in [0.5, 0.6) is 0 Å². The summed E-state index contributed by atoms with van der Waals surface area (Å²) in [6, 6.07) is 3.53. The van der Waals surface area contributed by atoms with Gasteiger partial charge in [-0.1, -0.05) is 5.16 Å². The molecule has 0 aromatic carbocycles. The minimum absolute atomic E-state index is 0.0794. The second kappa shape index (κ2) is 6.72. The molecule has 0 spiro atoms. The molecule has 0 bridgehead atoms. The summed E-state index contributed by atoms with van der Waals surface area (Å²) in [5.74, 6) is 0.386. The third-order valence-electron chi connectivity index (χ3n) is 4.02. The summed E-state index contributed by atoms with van der Waals surface area (Å²) in [5, 5.41) is 7.10. The minimum Gasteiger partial charge on any atom is -0.342 e. The minimum atomic E-state index is -0.318. The van der Waals surface area contributed by atoms with E-state index < -0.39 is 0 Å². The van der Waals surface area contributed by atoms with Crippen molar-refractivity contribution >= 4 is 27.5 Å². The molecule has 4 rings (SSSR count). The van der Waals surface area contributed by atoms with Gasteiger partial charge >= 0.3 is 0 Å². The number of nitrogens with zero attached hydrogens (tertiary/aromatic N) is 5. The van der Waals surface area contributed by atoms with Crippen LogP contribution in [0, 0.1) is 6.92 Å². The number of rotatable bonds is 4. The zero-order chi connectivity index (χ0) is 19.0. The highest BCUT2D eigenvalue weighted by molar-refractivity contribution is 7.20. The van der Waals surface area contributed by atoms with Crippen molar-refractivity contribution in [3.05, 3.63) is 57.5 Å². The average Bonchev–Trinajstić information content (AvgIpc) is 3.29. The van der Waals surface area contributed by atoms with Gasteiger partial charge in [-0.2, -0.15) is 4.98 Å². The van der Waals surface area contributed by atoms with Crippen molar-refractivity contribution in [1.29, 1.82) is 0 Å². The van der Waals surface area contributed by atoms with E-state index in [0.29, 0.717) is 26.5 Å². The van der Waals surface area contributed by atoms with Crippen molar-refractivity contribution in [3.63, 3.8) is 0 Å². The Balaban J connectivity index is 1.53. The second-order valence-corrected chi connectivity index (χ2v) is 6.83. The zero-order valence-corrected chi connectivity index (χ0v) is 15.3. The molecule has 0 unspecified atom stereocenters. The maximum atomic E-state index is 12.5. The van der Waals surface area contributed by atoms with Gasteiger partial charge in [0, 0.05) is 25.0 Å². The number of amides is 1. The van der Waals surface area contributed by atoms with Crippen LogP contribution in [0.1, 0.15) is 21.1 Å². The van der Waals surface area contributed by atoms with Crippen LogP contribution in [0.4, 0.5) is 0 Å². The molecule has 4 aromatic heterocycles. The number of carbonyl (C=O) groups is 1. The van der Waals surface area contributed by atoms with Gasteiger partial charge in [0.15, 0.2) is 0 Å². The first-order valence-electron chi connectivity index (χ1n) is 8.00. The number of aromatic nitrogens is 5. The van der Waals surface area contributed by atoms with Crippen molar-refractivity contribution in [2.45, 2.75) is 13.5 Å². The van der Waals surface area contributed by atoms with E-state index >= 15 is 0 Å². The normalized spacial score (nSPS) is 11.0. The quantitative estimate of drug-likeness (QED) is 0.571. The van der Waals surface area contributed by atoms with E-state index in [2.05, 4.69) is 25.4 Å². The molecule has 0 aliphatic carbocycles. The monoisotopic (exact) mass is 382 g/mol. The number of pyridine rings is 1. The fourth-order valence-corrected chi connectivity index (χ4v) is 3.66. The third kappa shape index (κ3) is 3.10. The van der Waals surface area contributed by atoms with Gasteiger partial charge in [-0.05, 0) is 24.6 Å². The second-order valence-electron chi connectivity index (χ2n) is 5.83. The van der Waals surface area contributed by atoms with Crippen LogP contribution in [-0.2, 0) is 13.6 Å². The van der Waals surface area contributed by atoms with Gasteiger partial charge in [-0.25, -0.2) is 4.98 Å². The lowest BCUT2D eigenvalue weighted by atomic mass is 10.2. The molecule has 0 aliphatic rings. The highest BCUT2D eigenvalue weighted by Gasteiger charge is 2.19. The molecular formula is C17H14N6O3S. The fraction of sp³-hybridized carbons (Fsp3) is 0.176. The van der Waals surface area contributed by atoms with Crippen molar-refractivity contribution in [1.82, 2.24) is 30.0 Å². The summed E-state index contributed by atoms with van der Waals surface area (Å²) < 4.78 is 6.56. The Kier molecular flexibility index (Phi) is 4.24. The number of aryl methyl sites for hydroxylation is 2. The molecule has 0 radical (unpaired) electrons. The Morgan fingerprint density at radius 1 is 1.33 bits per heavy atom. The van der Waals surface area contributed by atoms with E-state index in [0.717, 1.165) is 5.56 Å². The van der Waals surface area contributed by atoms with Gasteiger partial charge in [-0.15, -0.1) is 11.3 Å². The Morgan fingerprint density at radius 3 is 2.89 bits per heavy atom. The first-order valence-corrected chi connectivity index (χ1v) is 8.82. The molecule has 4 aromatic rings. The maximum Gasteiger partial charge on any atom is 0.262 e. The standard InChI is InChI=1S/C17H14N6O3S/c1-9-12-16(20-8-23(2)17(12)25)27-13(9)15(24)19-7-11-21-14(22-26-11)10-3-5-18-6-4-10/h3-6,8H,7H2,1-2H3,(H,19,24). The van der Waals surface area contributed by atoms with Crippen molar-refractivity contribution < 1.29 is 9.32 Å². The van der Waals surface area contributed by atoms with Crippen molar-refractivity contribution in [2.24, 2.45) is 7.05 Å². The van der Waals surface area contributed by atoms with E-state index in [4.69, 9.17) is 4.52 Å². The summed E-state index contributed by atoms with van der Waals surface area (Å²) in [6.45, 7) is 1.82. The average molecular weight is 382 g/mol. The molecule has 0 aliphatic heterocycles. The van der Waals surface area contributed by atoms with Gasteiger partial charge in [0.2, 0.25) is 11.7 Å². The number of hydrogen-bond acceptors (Lipinski definition) is 8. The number of nitrogens with one attached hydrogen (secondary N) is 1. The summed E-state index contributed by atoms with van der Waals surface area (Å²) in [7, 11) is 1.63. The van der Waals surface area contributed by atoms with Gasteiger partial charge in [0.05, 0.1) is 23.1 Å². The largest absolute Gasteiger partial charge is 0.342 e. The molecule has 10 heteroatoms. The van der Waals surface area contributed by atoms with Crippen LogP contribution in [0.3, 0.4) is 0 Å². The molecule has 0 fully saturated rings. The lowest BCUT2D eigenvalue weighted by molar-refractivity contribution is 0.0950. The van der Waals surface area contributed by atoms with E-state index in [1.165, 1.54) is 22.2 Å². The van der Waals surface area contributed by atoms with E-state index in [9.17, 15) is 9.59 Å². The Morgan fingerprint density at radius 2 is 2.11 bits per heavy atom. The van der Waals surface area contributed by atoms with Crippen LogP contribution in [0.25, 0.3) is 21.6 Å². The summed E-state index contributed by atoms with van der Waals surface area (Å²) in [4.78, 5) is 38.2. The van der Waals surface area contributed by atoms with E-state index in [-0.39, 0.29) is 23.9 Å². The molecule has 0 saturated heterocycles. The highest BCUT2D eigenvalue weighted by Crippen LogP contribution is 2.26. The first kappa shape index (κ1) is 17.0. The number of carbonyl (C=O) groups excluding carboxylic acids is 1. The Bertz CT molecular complexity index is 1190. The summed E-state index contributed by atoms with van der Waals surface area (Å²) in [5.41, 5.74) is 1.21. The number of thiophene rings is 1. The smallest absolute Gasteiger partial charge is 0.262 e. The van der Waals surface area contributed by atoms with Crippen LogP contribution >= 0.6 is 11.3 Å². The summed E-state index contributed by atoms with van der Waals surface area (Å²) >= 11 is 1.18. The molecule has 1 amide bonds. The predicted molar refractivity (Wildman–Crippen MR) is 98.3 cm³/mol. The van der Waals surface area contributed by atoms with Crippen molar-refractivity contribution in [2.75, 3.05) is 0 Å². The van der Waals surface area contributed by atoms with E-state index in [1.54, 1.807) is 38.5 Å². The molecule has 9 nitrogen and oxygen atoms in total. The third-order valence-corrected chi connectivity index (χ3v) is 5.22. The predicted octanol–water partition coefficient (Wildman–Crippen LogP) is 1.68. The first-order chi connectivity index (χ1) is 13.0. The SMILES string of the molecule is Cc1c(C(=O)NCc2nc(-c3ccncc3)no2)sc2ncn(C)c(=O)c12. The van der Waals surface area contributed by atoms with Crippen LogP contribution < -0.4 is 10.9 Å². The summed E-state index contributed by atoms with van der Waals surface area (Å²) in [6.07, 6.45) is 4.72. The van der Waals surface area contributed by atoms with Gasteiger partial charge in [-0.3, -0.25) is 14.6 Å². The maximum absolute atomic E-state index is 12.5.